The summed E-state index contributed by atoms with van der Waals surface area (Å²) in [7, 11) is 0. The van der Waals surface area contributed by atoms with Gasteiger partial charge >= 0.3 is 6.09 Å². The minimum atomic E-state index is -1.89. The van der Waals surface area contributed by atoms with Crippen molar-refractivity contribution >= 4 is 35.0 Å². The van der Waals surface area contributed by atoms with Crippen LogP contribution < -0.4 is 9.46 Å². The fraction of sp³-hybridized carbons (Fsp3) is 0.629. The van der Waals surface area contributed by atoms with E-state index in [-0.39, 0.29) is 27.4 Å². The fourth-order valence-electron chi connectivity index (χ4n) is 6.96. The highest BCUT2D eigenvalue weighted by molar-refractivity contribution is 7.90. The summed E-state index contributed by atoms with van der Waals surface area (Å²) in [5.41, 5.74) is -0.719. The molecule has 2 atom stereocenters. The van der Waals surface area contributed by atoms with Gasteiger partial charge in [0.15, 0.2) is 5.82 Å². The first-order valence-corrected chi connectivity index (χ1v) is 18.9. The van der Waals surface area contributed by atoms with E-state index in [1.165, 1.54) is 31.7 Å². The molecule has 0 spiro atoms. The van der Waals surface area contributed by atoms with E-state index >= 15 is 0 Å². The topological polar surface area (TPSA) is 139 Å². The lowest BCUT2D eigenvalue weighted by Gasteiger charge is -2.33. The van der Waals surface area contributed by atoms with Crippen molar-refractivity contribution < 1.29 is 23.6 Å². The quantitative estimate of drug-likeness (QED) is 0.146. The monoisotopic (exact) mass is 713 g/mol. The lowest BCUT2D eigenvalue weighted by Crippen LogP contribution is -2.45. The average molecular weight is 714 g/mol. The molecule has 1 N–H and O–H groups in total. The van der Waals surface area contributed by atoms with E-state index in [4.69, 9.17) is 21.1 Å². The predicted molar refractivity (Wildman–Crippen MR) is 186 cm³/mol. The zero-order valence-electron chi connectivity index (χ0n) is 29.1. The molecule has 3 aromatic heterocycles. The lowest BCUT2D eigenvalue weighted by atomic mass is 9.93. The van der Waals surface area contributed by atoms with E-state index in [0.29, 0.717) is 37.3 Å². The van der Waals surface area contributed by atoms with Gasteiger partial charge < -0.3 is 18.9 Å². The molecule has 49 heavy (non-hydrogen) atoms. The Morgan fingerprint density at radius 2 is 1.84 bits per heavy atom. The van der Waals surface area contributed by atoms with Crippen molar-refractivity contribution in [2.24, 2.45) is 23.7 Å². The molecule has 12 nitrogen and oxygen atoms in total. The van der Waals surface area contributed by atoms with Crippen LogP contribution >= 0.6 is 11.6 Å². The van der Waals surface area contributed by atoms with Crippen molar-refractivity contribution in [3.05, 3.63) is 47.4 Å². The maximum Gasteiger partial charge on any atom is 0.410 e. The number of ether oxygens (including phenoxy) is 2. The summed E-state index contributed by atoms with van der Waals surface area (Å²) in [6.07, 6.45) is 12.3. The summed E-state index contributed by atoms with van der Waals surface area (Å²) in [4.78, 5) is 31.9. The second-order valence-electron chi connectivity index (χ2n) is 15.3. The van der Waals surface area contributed by atoms with E-state index in [9.17, 15) is 14.1 Å². The van der Waals surface area contributed by atoms with Gasteiger partial charge in [0, 0.05) is 43.2 Å². The number of likely N-dealkylation sites (tertiary alicyclic amines) is 1. The molecular weight excluding hydrogens is 666 g/mol. The van der Waals surface area contributed by atoms with Crippen LogP contribution in [0.2, 0.25) is 5.15 Å². The van der Waals surface area contributed by atoms with Gasteiger partial charge in [0.2, 0.25) is 5.88 Å². The molecule has 2 unspecified atom stereocenters. The number of carbonyl (C=O) groups excluding carboxylic acids is 2. The van der Waals surface area contributed by atoms with Crippen LogP contribution in [0.25, 0.3) is 5.82 Å². The Labute approximate surface area is 296 Å². The van der Waals surface area contributed by atoms with Gasteiger partial charge in [-0.05, 0) is 122 Å². The maximum atomic E-state index is 13.0. The van der Waals surface area contributed by atoms with Gasteiger partial charge in [0.25, 0.3) is 10.9 Å². The molecule has 3 aromatic rings. The Morgan fingerprint density at radius 1 is 1.10 bits per heavy atom. The van der Waals surface area contributed by atoms with Crippen LogP contribution in [0.15, 0.2) is 41.7 Å². The van der Waals surface area contributed by atoms with Crippen LogP contribution in [-0.4, -0.2) is 70.3 Å². The molecule has 266 valence electrons. The van der Waals surface area contributed by atoms with E-state index in [1.54, 1.807) is 40.0 Å². The van der Waals surface area contributed by atoms with Gasteiger partial charge in [-0.1, -0.05) is 11.6 Å². The van der Waals surface area contributed by atoms with Crippen LogP contribution in [0.1, 0.15) is 96.3 Å². The molecule has 4 heterocycles. The Bertz CT molecular complexity index is 1620. The summed E-state index contributed by atoms with van der Waals surface area (Å²) in [6.45, 7) is 11.7. The van der Waals surface area contributed by atoms with Crippen molar-refractivity contribution in [2.45, 2.75) is 109 Å². The first-order chi connectivity index (χ1) is 23.3. The predicted octanol–water partition coefficient (Wildman–Crippen LogP) is 6.59. The number of hydrogen-bond donors (Lipinski definition) is 1. The molecule has 2 aliphatic carbocycles. The maximum absolute atomic E-state index is 13.0. The third-order valence-corrected chi connectivity index (χ3v) is 10.9. The minimum Gasteiger partial charge on any atom is -0.586 e. The number of aryl methyl sites for hydroxylation is 1. The first-order valence-electron chi connectivity index (χ1n) is 17.4. The third-order valence-electron chi connectivity index (χ3n) is 9.60. The molecule has 0 radical (unpaired) electrons. The van der Waals surface area contributed by atoms with E-state index in [1.807, 2.05) is 25.7 Å². The van der Waals surface area contributed by atoms with Crippen LogP contribution in [0.4, 0.5) is 4.79 Å². The van der Waals surface area contributed by atoms with Crippen molar-refractivity contribution in [3.8, 4) is 11.7 Å². The minimum absolute atomic E-state index is 0.0347. The van der Waals surface area contributed by atoms with Gasteiger partial charge in [-0.3, -0.25) is 9.48 Å². The number of rotatable bonds is 14. The Morgan fingerprint density at radius 3 is 2.51 bits per heavy atom. The highest BCUT2D eigenvalue weighted by atomic mass is 35.5. The highest BCUT2D eigenvalue weighted by Crippen LogP contribution is 2.50. The van der Waals surface area contributed by atoms with Gasteiger partial charge in [-0.25, -0.2) is 14.5 Å². The number of carbonyl (C=O) groups is 2. The fourth-order valence-corrected chi connectivity index (χ4v) is 7.94. The molecule has 1 saturated heterocycles. The SMILES string of the molecule is CC(C)(C)OC(=O)N1CC(CCCn2ccc([S+]([O-])NC(=O)c3ccc(-n4ccc(OCCC(C5CC5)C5CC5)n4)nc3Cl)n2)CC1(C)C. The molecule has 0 bridgehead atoms. The average Bonchev–Trinajstić information content (AvgIpc) is 3.92. The number of amides is 2. The second kappa shape index (κ2) is 14.5. The summed E-state index contributed by atoms with van der Waals surface area (Å²) < 4.78 is 30.3. The zero-order chi connectivity index (χ0) is 34.9. The largest absolute Gasteiger partial charge is 0.586 e. The highest BCUT2D eigenvalue weighted by Gasteiger charge is 2.43. The first kappa shape index (κ1) is 35.5. The molecule has 6 rings (SSSR count). The van der Waals surface area contributed by atoms with Crippen LogP contribution in [0.3, 0.4) is 0 Å². The number of pyridine rings is 1. The number of nitrogens with one attached hydrogen (secondary N) is 1. The second-order valence-corrected chi connectivity index (χ2v) is 16.8. The summed E-state index contributed by atoms with van der Waals surface area (Å²) >= 11 is 4.50. The number of hydrogen-bond acceptors (Lipinski definition) is 8. The van der Waals surface area contributed by atoms with Crippen LogP contribution in [0.5, 0.6) is 5.88 Å². The number of halogens is 1. The number of aromatic nitrogens is 5. The number of nitrogens with zero attached hydrogens (tertiary/aromatic N) is 6. The molecule has 0 aromatic carbocycles. The summed E-state index contributed by atoms with van der Waals surface area (Å²) in [5, 5.41) is 9.08. The molecule has 14 heteroatoms. The Balaban J connectivity index is 0.953. The van der Waals surface area contributed by atoms with Crippen molar-refractivity contribution in [3.63, 3.8) is 0 Å². The molecule has 1 aliphatic heterocycles. The van der Waals surface area contributed by atoms with Crippen molar-refractivity contribution in [1.29, 1.82) is 0 Å². The molecule has 3 aliphatic rings. The van der Waals surface area contributed by atoms with Gasteiger partial charge in [0.05, 0.1) is 12.2 Å². The van der Waals surface area contributed by atoms with E-state index in [2.05, 4.69) is 33.8 Å². The molecule has 2 amide bonds. The zero-order valence-corrected chi connectivity index (χ0v) is 30.6. The molecule has 2 saturated carbocycles. The van der Waals surface area contributed by atoms with Gasteiger partial charge in [-0.2, -0.15) is 4.72 Å². The third kappa shape index (κ3) is 9.29. The normalized spacial score (nSPS) is 19.7. The van der Waals surface area contributed by atoms with Crippen molar-refractivity contribution in [2.75, 3.05) is 13.2 Å². The standard InChI is InChI=1S/C35H48ClN7O5S/c1-34(2,3)48-33(45)42-22-23(21-35(42,4)5)7-6-17-41-18-15-30(39-41)49(46)40-32(44)27-12-13-28(37-31(27)36)43-19-14-29(38-43)47-20-16-26(24-8-9-24)25-10-11-25/h12-15,18-19,23-26H,6-11,16-17,20-22H2,1-5H3,(H,40,44). The van der Waals surface area contributed by atoms with Crippen LogP contribution in [0, 0.1) is 23.7 Å². The summed E-state index contributed by atoms with van der Waals surface area (Å²) in [5.74, 6) is 3.24. The van der Waals surface area contributed by atoms with Gasteiger partial charge in [0.1, 0.15) is 22.1 Å². The molecule has 3 fully saturated rings. The molecular formula is C35H48ClN7O5S. The Hall–Kier alpha value is -3.29. The smallest absolute Gasteiger partial charge is 0.410 e. The summed E-state index contributed by atoms with van der Waals surface area (Å²) in [6, 6.07) is 6.57. The lowest BCUT2D eigenvalue weighted by molar-refractivity contribution is 0.0130. The Kier molecular flexibility index (Phi) is 10.5. The van der Waals surface area contributed by atoms with Gasteiger partial charge in [-0.15, -0.1) is 10.2 Å². The van der Waals surface area contributed by atoms with Crippen LogP contribution in [-0.2, 0) is 22.6 Å². The van der Waals surface area contributed by atoms with Crippen molar-refractivity contribution in [1.82, 2.24) is 34.2 Å². The van der Waals surface area contributed by atoms with E-state index in [0.717, 1.165) is 43.4 Å². The van der Waals surface area contributed by atoms with E-state index < -0.39 is 22.9 Å².